The van der Waals surface area contributed by atoms with Gasteiger partial charge in [-0.2, -0.15) is 0 Å². The van der Waals surface area contributed by atoms with E-state index in [-0.39, 0.29) is 0 Å². The van der Waals surface area contributed by atoms with Gasteiger partial charge in [-0.25, -0.2) is 4.98 Å². The monoisotopic (exact) mass is 252 g/mol. The van der Waals surface area contributed by atoms with E-state index in [1.807, 2.05) is 12.4 Å². The van der Waals surface area contributed by atoms with E-state index in [1.54, 1.807) is 0 Å². The lowest BCUT2D eigenvalue weighted by atomic mass is 10.2. The highest BCUT2D eigenvalue weighted by Gasteiger charge is 2.10. The van der Waals surface area contributed by atoms with Gasteiger partial charge in [0.15, 0.2) is 0 Å². The van der Waals surface area contributed by atoms with E-state index >= 15 is 0 Å². The summed E-state index contributed by atoms with van der Waals surface area (Å²) in [5.41, 5.74) is 0. The minimum absolute atomic E-state index is 0.634. The maximum absolute atomic E-state index is 5.35. The lowest BCUT2D eigenvalue weighted by molar-refractivity contribution is 0.0364. The third-order valence-corrected chi connectivity index (χ3v) is 3.14. The van der Waals surface area contributed by atoms with E-state index in [2.05, 4.69) is 33.6 Å². The second-order valence-corrected chi connectivity index (χ2v) is 5.17. The second-order valence-electron chi connectivity index (χ2n) is 5.17. The average Bonchev–Trinajstić information content (AvgIpc) is 2.82. The Kier molecular flexibility index (Phi) is 5.01. The average molecular weight is 252 g/mol. The lowest BCUT2D eigenvalue weighted by Gasteiger charge is -2.26. The number of nitrogens with one attached hydrogen (secondary N) is 1. The molecule has 0 spiro atoms. The molecule has 0 aliphatic carbocycles. The molecule has 0 unspecified atom stereocenters. The first kappa shape index (κ1) is 13.4. The molecule has 0 bridgehead atoms. The number of rotatable bonds is 6. The summed E-state index contributed by atoms with van der Waals surface area (Å²) in [7, 11) is 0. The maximum Gasteiger partial charge on any atom is 0.202 e. The van der Waals surface area contributed by atoms with E-state index in [9.17, 15) is 0 Å². The fourth-order valence-corrected chi connectivity index (χ4v) is 2.03. The van der Waals surface area contributed by atoms with Gasteiger partial charge in [-0.05, 0) is 5.92 Å². The molecule has 0 saturated carbocycles. The van der Waals surface area contributed by atoms with Gasteiger partial charge in [0, 0.05) is 45.1 Å². The fourth-order valence-electron chi connectivity index (χ4n) is 2.03. The first-order chi connectivity index (χ1) is 8.75. The molecule has 1 aliphatic heterocycles. The van der Waals surface area contributed by atoms with Gasteiger partial charge in [0.1, 0.15) is 0 Å². The number of aromatic nitrogens is 2. The van der Waals surface area contributed by atoms with Crippen molar-refractivity contribution in [2.45, 2.75) is 20.4 Å². The Morgan fingerprint density at radius 3 is 2.83 bits per heavy atom. The van der Waals surface area contributed by atoms with Gasteiger partial charge in [-0.1, -0.05) is 13.8 Å². The van der Waals surface area contributed by atoms with Crippen LogP contribution < -0.4 is 5.32 Å². The van der Waals surface area contributed by atoms with Gasteiger partial charge in [0.25, 0.3) is 0 Å². The summed E-state index contributed by atoms with van der Waals surface area (Å²) in [5, 5.41) is 3.39. The summed E-state index contributed by atoms with van der Waals surface area (Å²) in [6.45, 7) is 11.2. The van der Waals surface area contributed by atoms with Crippen LogP contribution in [0.4, 0.5) is 5.95 Å². The minimum Gasteiger partial charge on any atom is -0.379 e. The molecule has 0 amide bonds. The molecule has 5 heteroatoms. The molecule has 1 aliphatic rings. The Hall–Kier alpha value is -1.07. The number of imidazole rings is 1. The van der Waals surface area contributed by atoms with Crippen molar-refractivity contribution in [1.29, 1.82) is 0 Å². The van der Waals surface area contributed by atoms with Crippen molar-refractivity contribution in [3.05, 3.63) is 12.4 Å². The van der Waals surface area contributed by atoms with Gasteiger partial charge >= 0.3 is 0 Å². The van der Waals surface area contributed by atoms with Crippen molar-refractivity contribution in [2.24, 2.45) is 5.92 Å². The number of anilines is 1. The highest BCUT2D eigenvalue weighted by Crippen LogP contribution is 2.06. The summed E-state index contributed by atoms with van der Waals surface area (Å²) in [5.74, 6) is 1.62. The summed E-state index contributed by atoms with van der Waals surface area (Å²) in [6, 6.07) is 0. The molecule has 18 heavy (non-hydrogen) atoms. The maximum atomic E-state index is 5.35. The van der Waals surface area contributed by atoms with Gasteiger partial charge in [0.2, 0.25) is 5.95 Å². The van der Waals surface area contributed by atoms with Crippen molar-refractivity contribution in [3.63, 3.8) is 0 Å². The van der Waals surface area contributed by atoms with Crippen LogP contribution in [0.1, 0.15) is 13.8 Å². The molecule has 1 N–H and O–H groups in total. The Morgan fingerprint density at radius 2 is 2.11 bits per heavy atom. The zero-order valence-electron chi connectivity index (χ0n) is 11.4. The van der Waals surface area contributed by atoms with E-state index in [0.717, 1.165) is 51.9 Å². The Balaban J connectivity index is 1.79. The van der Waals surface area contributed by atoms with E-state index < -0.39 is 0 Å². The number of nitrogens with zero attached hydrogens (tertiary/aromatic N) is 3. The molecule has 1 aromatic rings. The van der Waals surface area contributed by atoms with Gasteiger partial charge in [0.05, 0.1) is 13.2 Å². The van der Waals surface area contributed by atoms with Crippen LogP contribution in [-0.4, -0.2) is 53.8 Å². The molecule has 2 rings (SSSR count). The van der Waals surface area contributed by atoms with Crippen molar-refractivity contribution in [2.75, 3.05) is 44.7 Å². The summed E-state index contributed by atoms with van der Waals surface area (Å²) >= 11 is 0. The molecule has 1 aromatic heterocycles. The molecular weight excluding hydrogens is 228 g/mol. The Morgan fingerprint density at radius 1 is 1.33 bits per heavy atom. The number of morpholine rings is 1. The zero-order valence-corrected chi connectivity index (χ0v) is 11.4. The van der Waals surface area contributed by atoms with Crippen LogP contribution in [-0.2, 0) is 11.3 Å². The summed E-state index contributed by atoms with van der Waals surface area (Å²) < 4.78 is 7.54. The largest absolute Gasteiger partial charge is 0.379 e. The Bertz CT molecular complexity index is 345. The molecule has 102 valence electrons. The SMILES string of the molecule is CC(C)CNc1nccn1CCN1CCOCC1. The third kappa shape index (κ3) is 3.99. The van der Waals surface area contributed by atoms with Crippen LogP contribution in [0.3, 0.4) is 0 Å². The van der Waals surface area contributed by atoms with Crippen LogP contribution in [0.15, 0.2) is 12.4 Å². The fraction of sp³-hybridized carbons (Fsp3) is 0.769. The van der Waals surface area contributed by atoms with Gasteiger partial charge in [-0.15, -0.1) is 0 Å². The van der Waals surface area contributed by atoms with Crippen LogP contribution >= 0.6 is 0 Å². The number of hydrogen-bond donors (Lipinski definition) is 1. The van der Waals surface area contributed by atoms with Crippen molar-refractivity contribution >= 4 is 5.95 Å². The quantitative estimate of drug-likeness (QED) is 0.828. The van der Waals surface area contributed by atoms with Crippen LogP contribution in [0.2, 0.25) is 0 Å². The van der Waals surface area contributed by atoms with Crippen LogP contribution in [0.5, 0.6) is 0 Å². The van der Waals surface area contributed by atoms with Gasteiger partial charge in [-0.3, -0.25) is 4.90 Å². The highest BCUT2D eigenvalue weighted by molar-refractivity contribution is 5.25. The highest BCUT2D eigenvalue weighted by atomic mass is 16.5. The van der Waals surface area contributed by atoms with Crippen molar-refractivity contribution in [1.82, 2.24) is 14.5 Å². The molecule has 0 aromatic carbocycles. The van der Waals surface area contributed by atoms with E-state index in [1.165, 1.54) is 0 Å². The molecule has 2 heterocycles. The van der Waals surface area contributed by atoms with Crippen molar-refractivity contribution < 1.29 is 4.74 Å². The molecule has 1 fully saturated rings. The minimum atomic E-state index is 0.634. The summed E-state index contributed by atoms with van der Waals surface area (Å²) in [4.78, 5) is 6.80. The van der Waals surface area contributed by atoms with Crippen molar-refractivity contribution in [3.8, 4) is 0 Å². The smallest absolute Gasteiger partial charge is 0.202 e. The predicted octanol–water partition coefficient (Wildman–Crippen LogP) is 1.28. The summed E-state index contributed by atoms with van der Waals surface area (Å²) in [6.07, 6.45) is 3.91. The molecule has 1 saturated heterocycles. The lowest BCUT2D eigenvalue weighted by Crippen LogP contribution is -2.38. The molecule has 0 radical (unpaired) electrons. The van der Waals surface area contributed by atoms with E-state index in [0.29, 0.717) is 5.92 Å². The van der Waals surface area contributed by atoms with Crippen LogP contribution in [0, 0.1) is 5.92 Å². The number of hydrogen-bond acceptors (Lipinski definition) is 4. The van der Waals surface area contributed by atoms with Crippen LogP contribution in [0.25, 0.3) is 0 Å². The zero-order chi connectivity index (χ0) is 12.8. The molecule has 0 atom stereocenters. The topological polar surface area (TPSA) is 42.3 Å². The standard InChI is InChI=1S/C13H24N4O/c1-12(2)11-15-13-14-3-4-17(13)6-5-16-7-9-18-10-8-16/h3-4,12H,5-11H2,1-2H3,(H,14,15). The number of ether oxygens (including phenoxy) is 1. The second kappa shape index (κ2) is 6.75. The first-order valence-corrected chi connectivity index (χ1v) is 6.81. The molecular formula is C13H24N4O. The normalized spacial score (nSPS) is 17.3. The predicted molar refractivity (Wildman–Crippen MR) is 72.8 cm³/mol. The van der Waals surface area contributed by atoms with Gasteiger partial charge < -0.3 is 14.6 Å². The first-order valence-electron chi connectivity index (χ1n) is 6.81. The Labute approximate surface area is 109 Å². The third-order valence-electron chi connectivity index (χ3n) is 3.14. The molecule has 5 nitrogen and oxygen atoms in total. The van der Waals surface area contributed by atoms with E-state index in [4.69, 9.17) is 4.74 Å².